The molecule has 0 unspecified atom stereocenters. The Morgan fingerprint density at radius 3 is 2.65 bits per heavy atom. The molecule has 0 heterocycles. The Kier molecular flexibility index (Phi) is 7.19. The molecule has 0 bridgehead atoms. The van der Waals surface area contributed by atoms with Gasteiger partial charge in [0, 0.05) is 19.2 Å². The molecule has 0 radical (unpaired) electrons. The van der Waals surface area contributed by atoms with Crippen molar-refractivity contribution >= 4 is 15.9 Å². The lowest BCUT2D eigenvalue weighted by atomic mass is 9.97. The normalized spacial score (nSPS) is 14.8. The maximum absolute atomic E-state index is 12.5. The molecule has 8 heteroatoms. The molecule has 0 aliphatic heterocycles. The van der Waals surface area contributed by atoms with E-state index in [1.54, 1.807) is 6.07 Å². The summed E-state index contributed by atoms with van der Waals surface area (Å²) in [5.41, 5.74) is 1.63. The van der Waals surface area contributed by atoms with E-state index < -0.39 is 10.0 Å². The minimum Gasteiger partial charge on any atom is -0.495 e. The Balaban J connectivity index is 2.12. The second-order valence-electron chi connectivity index (χ2n) is 6.08. The van der Waals surface area contributed by atoms with Crippen LogP contribution in [0.15, 0.2) is 34.7 Å². The van der Waals surface area contributed by atoms with Crippen LogP contribution in [0, 0.1) is 0 Å². The van der Waals surface area contributed by atoms with E-state index in [-0.39, 0.29) is 22.1 Å². The van der Waals surface area contributed by atoms with E-state index in [1.165, 1.54) is 51.8 Å². The average Bonchev–Trinajstić information content (AvgIpc) is 2.67. The van der Waals surface area contributed by atoms with Crippen molar-refractivity contribution in [3.8, 4) is 5.75 Å². The molecule has 0 aromatic heterocycles. The third kappa shape index (κ3) is 4.84. The molecule has 1 aromatic carbocycles. The molecule has 0 atom stereocenters. The van der Waals surface area contributed by atoms with Crippen molar-refractivity contribution < 1.29 is 22.8 Å². The Labute approximate surface area is 155 Å². The number of hydrogen-bond donors (Lipinski definition) is 1. The van der Waals surface area contributed by atoms with Gasteiger partial charge < -0.3 is 10.1 Å². The lowest BCUT2D eigenvalue weighted by Crippen LogP contribution is -2.28. The van der Waals surface area contributed by atoms with Gasteiger partial charge in [0.25, 0.3) is 15.9 Å². The molecular formula is C18H26N2O5S. The van der Waals surface area contributed by atoms with Gasteiger partial charge in [0.2, 0.25) is 0 Å². The van der Waals surface area contributed by atoms with Crippen molar-refractivity contribution in [2.75, 3.05) is 27.8 Å². The highest BCUT2D eigenvalue weighted by atomic mass is 32.2. The number of amides is 1. The van der Waals surface area contributed by atoms with Gasteiger partial charge in [0.05, 0.1) is 14.2 Å². The standard InChI is InChI=1S/C18H26N2O5S/c1-20(25-3)26(22,23)17-13-15(9-10-16(17)24-2)18(21)19-12-11-14-7-5-4-6-8-14/h7,9-10,13H,4-6,8,11-12H2,1-3H3,(H,19,21). The number of sulfonamides is 1. The molecule has 0 saturated carbocycles. The average molecular weight is 382 g/mol. The van der Waals surface area contributed by atoms with Crippen LogP contribution in [-0.4, -0.2) is 46.6 Å². The predicted octanol–water partition coefficient (Wildman–Crippen LogP) is 2.50. The minimum atomic E-state index is -3.93. The number of carbonyl (C=O) groups excluding carboxylic acids is 1. The van der Waals surface area contributed by atoms with Gasteiger partial charge >= 0.3 is 0 Å². The number of benzene rings is 1. The fraction of sp³-hybridized carbons (Fsp3) is 0.500. The largest absolute Gasteiger partial charge is 0.495 e. The van der Waals surface area contributed by atoms with Gasteiger partial charge in [-0.25, -0.2) is 8.42 Å². The molecule has 0 fully saturated rings. The zero-order valence-electron chi connectivity index (χ0n) is 15.4. The zero-order chi connectivity index (χ0) is 19.2. The van der Waals surface area contributed by atoms with Gasteiger partial charge in [-0.2, -0.15) is 0 Å². The summed E-state index contributed by atoms with van der Waals surface area (Å²) < 4.78 is 30.9. The summed E-state index contributed by atoms with van der Waals surface area (Å²) in [6.45, 7) is 0.525. The first-order valence-electron chi connectivity index (χ1n) is 8.57. The van der Waals surface area contributed by atoms with E-state index in [1.807, 2.05) is 0 Å². The van der Waals surface area contributed by atoms with E-state index in [4.69, 9.17) is 9.57 Å². The van der Waals surface area contributed by atoms with Gasteiger partial charge in [0.15, 0.2) is 0 Å². The fourth-order valence-corrected chi connectivity index (χ4v) is 3.98. The van der Waals surface area contributed by atoms with Crippen LogP contribution in [0.5, 0.6) is 5.75 Å². The quantitative estimate of drug-likeness (QED) is 0.552. The Hall–Kier alpha value is -1.90. The molecule has 26 heavy (non-hydrogen) atoms. The number of carbonyl (C=O) groups is 1. The lowest BCUT2D eigenvalue weighted by molar-refractivity contribution is -0.0259. The van der Waals surface area contributed by atoms with E-state index in [0.29, 0.717) is 6.54 Å². The molecule has 1 aliphatic carbocycles. The van der Waals surface area contributed by atoms with Crippen molar-refractivity contribution in [2.24, 2.45) is 0 Å². The Bertz CT molecular complexity index is 774. The maximum atomic E-state index is 12.5. The Morgan fingerprint density at radius 1 is 1.27 bits per heavy atom. The monoisotopic (exact) mass is 382 g/mol. The van der Waals surface area contributed by atoms with Crippen molar-refractivity contribution in [1.29, 1.82) is 0 Å². The number of nitrogens with zero attached hydrogens (tertiary/aromatic N) is 1. The molecule has 2 rings (SSSR count). The molecule has 1 N–H and O–H groups in total. The summed E-state index contributed by atoms with van der Waals surface area (Å²) in [6, 6.07) is 4.31. The highest BCUT2D eigenvalue weighted by Gasteiger charge is 2.26. The van der Waals surface area contributed by atoms with Crippen LogP contribution >= 0.6 is 0 Å². The summed E-state index contributed by atoms with van der Waals surface area (Å²) in [7, 11) is -0.0269. The van der Waals surface area contributed by atoms with Crippen molar-refractivity contribution in [3.05, 3.63) is 35.4 Å². The zero-order valence-corrected chi connectivity index (χ0v) is 16.3. The number of allylic oxidation sites excluding steroid dienone is 1. The van der Waals surface area contributed by atoms with Crippen LogP contribution in [0.3, 0.4) is 0 Å². The summed E-state index contributed by atoms with van der Waals surface area (Å²) in [5.74, 6) is -0.168. The van der Waals surface area contributed by atoms with Crippen LogP contribution in [0.25, 0.3) is 0 Å². The van der Waals surface area contributed by atoms with Crippen LogP contribution in [-0.2, 0) is 14.9 Å². The molecule has 7 nitrogen and oxygen atoms in total. The van der Waals surface area contributed by atoms with Gasteiger partial charge in [-0.3, -0.25) is 9.63 Å². The molecule has 0 saturated heterocycles. The second kappa shape index (κ2) is 9.16. The molecule has 1 aliphatic rings. The summed E-state index contributed by atoms with van der Waals surface area (Å²) in [6.07, 6.45) is 7.69. The number of hydrogen-bond acceptors (Lipinski definition) is 5. The first-order chi connectivity index (χ1) is 12.4. The first kappa shape index (κ1) is 20.4. The number of rotatable bonds is 8. The lowest BCUT2D eigenvalue weighted by Gasteiger charge is -2.17. The number of ether oxygens (including phenoxy) is 1. The first-order valence-corrected chi connectivity index (χ1v) is 10.0. The Morgan fingerprint density at radius 2 is 2.04 bits per heavy atom. The fourth-order valence-electron chi connectivity index (χ4n) is 2.83. The van der Waals surface area contributed by atoms with E-state index >= 15 is 0 Å². The van der Waals surface area contributed by atoms with Crippen molar-refractivity contribution in [3.63, 3.8) is 0 Å². The van der Waals surface area contributed by atoms with Gasteiger partial charge in [-0.1, -0.05) is 16.1 Å². The van der Waals surface area contributed by atoms with Crippen LogP contribution < -0.4 is 10.1 Å². The number of hydroxylamine groups is 1. The molecule has 1 aromatic rings. The topological polar surface area (TPSA) is 84.9 Å². The smallest absolute Gasteiger partial charge is 0.268 e. The highest BCUT2D eigenvalue weighted by molar-refractivity contribution is 7.89. The van der Waals surface area contributed by atoms with E-state index in [2.05, 4.69) is 11.4 Å². The summed E-state index contributed by atoms with van der Waals surface area (Å²) in [5, 5.41) is 2.85. The van der Waals surface area contributed by atoms with Gasteiger partial charge in [-0.05, 0) is 50.3 Å². The van der Waals surface area contributed by atoms with Gasteiger partial charge in [0.1, 0.15) is 10.6 Å². The van der Waals surface area contributed by atoms with Crippen molar-refractivity contribution in [1.82, 2.24) is 9.79 Å². The highest BCUT2D eigenvalue weighted by Crippen LogP contribution is 2.27. The van der Waals surface area contributed by atoms with Crippen LogP contribution in [0.1, 0.15) is 42.5 Å². The minimum absolute atomic E-state index is 0.119. The van der Waals surface area contributed by atoms with Crippen LogP contribution in [0.2, 0.25) is 0 Å². The van der Waals surface area contributed by atoms with E-state index in [9.17, 15) is 13.2 Å². The third-order valence-corrected chi connectivity index (χ3v) is 6.12. The molecule has 0 spiro atoms. The maximum Gasteiger partial charge on any atom is 0.268 e. The third-order valence-electron chi connectivity index (χ3n) is 4.42. The van der Waals surface area contributed by atoms with Crippen molar-refractivity contribution in [2.45, 2.75) is 37.0 Å². The number of methoxy groups -OCH3 is 1. The van der Waals surface area contributed by atoms with Crippen LogP contribution in [0.4, 0.5) is 0 Å². The van der Waals surface area contributed by atoms with Gasteiger partial charge in [-0.15, -0.1) is 0 Å². The summed E-state index contributed by atoms with van der Waals surface area (Å²) >= 11 is 0. The predicted molar refractivity (Wildman–Crippen MR) is 98.5 cm³/mol. The SMILES string of the molecule is COc1ccc(C(=O)NCCC2=CCCCC2)cc1S(=O)(=O)N(C)OC. The van der Waals surface area contributed by atoms with E-state index in [0.717, 1.165) is 23.7 Å². The molecule has 144 valence electrons. The molecular weight excluding hydrogens is 356 g/mol. The molecule has 1 amide bonds. The number of nitrogens with one attached hydrogen (secondary N) is 1. The second-order valence-corrected chi connectivity index (χ2v) is 7.98. The summed E-state index contributed by atoms with van der Waals surface area (Å²) in [4.78, 5) is 17.1.